The Bertz CT molecular complexity index is 568. The molecule has 19 heavy (non-hydrogen) atoms. The predicted octanol–water partition coefficient (Wildman–Crippen LogP) is 5.26. The molecule has 1 unspecified atom stereocenters. The Labute approximate surface area is 128 Å². The molecule has 0 aliphatic rings. The summed E-state index contributed by atoms with van der Waals surface area (Å²) >= 11 is 9.69. The number of aryl methyl sites for hydroxylation is 1. The Morgan fingerprint density at radius 1 is 1.21 bits per heavy atom. The second-order valence-electron chi connectivity index (χ2n) is 4.69. The zero-order valence-corrected chi connectivity index (χ0v) is 13.4. The summed E-state index contributed by atoms with van der Waals surface area (Å²) in [5.74, 6) is 0. The Morgan fingerprint density at radius 2 is 1.95 bits per heavy atom. The topological polar surface area (TPSA) is 12.0 Å². The highest BCUT2D eigenvalue weighted by molar-refractivity contribution is 9.10. The van der Waals surface area contributed by atoms with Gasteiger partial charge in [-0.3, -0.25) is 0 Å². The first-order chi connectivity index (χ1) is 9.08. The van der Waals surface area contributed by atoms with Crippen molar-refractivity contribution in [1.82, 2.24) is 5.32 Å². The molecule has 1 atom stereocenters. The summed E-state index contributed by atoms with van der Waals surface area (Å²) in [6, 6.07) is 14.7. The Hall–Kier alpha value is -0.830. The van der Waals surface area contributed by atoms with E-state index in [2.05, 4.69) is 65.4 Å². The minimum absolute atomic E-state index is 0.222. The van der Waals surface area contributed by atoms with E-state index in [0.717, 1.165) is 21.6 Å². The van der Waals surface area contributed by atoms with Crippen molar-refractivity contribution in [3.63, 3.8) is 0 Å². The van der Waals surface area contributed by atoms with E-state index >= 15 is 0 Å². The van der Waals surface area contributed by atoms with Crippen LogP contribution >= 0.6 is 27.5 Å². The molecular formula is C16H17BrClN. The van der Waals surface area contributed by atoms with Gasteiger partial charge in [0.05, 0.1) is 0 Å². The van der Waals surface area contributed by atoms with E-state index in [1.165, 1.54) is 11.1 Å². The molecule has 0 fully saturated rings. The maximum atomic E-state index is 6.27. The van der Waals surface area contributed by atoms with Crippen LogP contribution in [0, 0.1) is 6.92 Å². The van der Waals surface area contributed by atoms with Gasteiger partial charge in [0.2, 0.25) is 0 Å². The molecule has 0 amide bonds. The highest BCUT2D eigenvalue weighted by atomic mass is 79.9. The van der Waals surface area contributed by atoms with Gasteiger partial charge in [0, 0.05) is 22.1 Å². The average molecular weight is 339 g/mol. The third-order valence-corrected chi connectivity index (χ3v) is 4.11. The SMILES string of the molecule is Cc1ccccc1CNC(C)c1ccc(Br)cc1Cl. The lowest BCUT2D eigenvalue weighted by molar-refractivity contribution is 0.573. The molecule has 1 nitrogen and oxygen atoms in total. The molecular weight excluding hydrogens is 322 g/mol. The van der Waals surface area contributed by atoms with Gasteiger partial charge in [0.15, 0.2) is 0 Å². The second-order valence-corrected chi connectivity index (χ2v) is 6.02. The molecule has 100 valence electrons. The van der Waals surface area contributed by atoms with Crippen molar-refractivity contribution in [3.8, 4) is 0 Å². The summed E-state index contributed by atoms with van der Waals surface area (Å²) in [5, 5.41) is 4.31. The fourth-order valence-corrected chi connectivity index (χ4v) is 2.87. The first-order valence-corrected chi connectivity index (χ1v) is 7.48. The van der Waals surface area contributed by atoms with E-state index in [1.807, 2.05) is 12.1 Å². The van der Waals surface area contributed by atoms with Gasteiger partial charge >= 0.3 is 0 Å². The molecule has 2 rings (SSSR count). The van der Waals surface area contributed by atoms with Gasteiger partial charge in [0.25, 0.3) is 0 Å². The molecule has 0 aliphatic heterocycles. The number of hydrogen-bond acceptors (Lipinski definition) is 1. The average Bonchev–Trinajstić information content (AvgIpc) is 2.37. The molecule has 0 radical (unpaired) electrons. The number of halogens is 2. The van der Waals surface area contributed by atoms with Gasteiger partial charge in [-0.2, -0.15) is 0 Å². The molecule has 2 aromatic carbocycles. The van der Waals surface area contributed by atoms with E-state index in [0.29, 0.717) is 0 Å². The third-order valence-electron chi connectivity index (χ3n) is 3.29. The number of rotatable bonds is 4. The Balaban J connectivity index is 2.05. The molecule has 3 heteroatoms. The van der Waals surface area contributed by atoms with Crippen molar-refractivity contribution in [1.29, 1.82) is 0 Å². The maximum Gasteiger partial charge on any atom is 0.0464 e. The summed E-state index contributed by atoms with van der Waals surface area (Å²) in [7, 11) is 0. The molecule has 0 aromatic heterocycles. The van der Waals surface area contributed by atoms with Crippen molar-refractivity contribution in [2.24, 2.45) is 0 Å². The summed E-state index contributed by atoms with van der Waals surface area (Å²) < 4.78 is 1.01. The highest BCUT2D eigenvalue weighted by Crippen LogP contribution is 2.26. The van der Waals surface area contributed by atoms with Crippen molar-refractivity contribution in [2.45, 2.75) is 26.4 Å². The summed E-state index contributed by atoms with van der Waals surface area (Å²) in [6.07, 6.45) is 0. The summed E-state index contributed by atoms with van der Waals surface area (Å²) in [5.41, 5.74) is 3.75. The predicted molar refractivity (Wildman–Crippen MR) is 85.6 cm³/mol. The molecule has 0 aliphatic carbocycles. The van der Waals surface area contributed by atoms with E-state index in [4.69, 9.17) is 11.6 Å². The van der Waals surface area contributed by atoms with Crippen molar-refractivity contribution >= 4 is 27.5 Å². The van der Waals surface area contributed by atoms with Crippen LogP contribution in [0.4, 0.5) is 0 Å². The monoisotopic (exact) mass is 337 g/mol. The third kappa shape index (κ3) is 3.82. The van der Waals surface area contributed by atoms with E-state index in [-0.39, 0.29) is 6.04 Å². The number of hydrogen-bond donors (Lipinski definition) is 1. The van der Waals surface area contributed by atoms with E-state index in [1.54, 1.807) is 0 Å². The van der Waals surface area contributed by atoms with Crippen LogP contribution in [0.25, 0.3) is 0 Å². The van der Waals surface area contributed by atoms with Gasteiger partial charge in [-0.1, -0.05) is 57.9 Å². The van der Waals surface area contributed by atoms with Crippen molar-refractivity contribution in [3.05, 3.63) is 68.7 Å². The quantitative estimate of drug-likeness (QED) is 0.801. The van der Waals surface area contributed by atoms with Gasteiger partial charge < -0.3 is 5.32 Å². The summed E-state index contributed by atoms with van der Waals surface area (Å²) in [6.45, 7) is 5.11. The van der Waals surface area contributed by atoms with E-state index < -0.39 is 0 Å². The van der Waals surface area contributed by atoms with Crippen LogP contribution in [0.3, 0.4) is 0 Å². The van der Waals surface area contributed by atoms with Crippen LogP contribution in [0.15, 0.2) is 46.9 Å². The lowest BCUT2D eigenvalue weighted by Crippen LogP contribution is -2.18. The standard InChI is InChI=1S/C16H17BrClN/c1-11-5-3-4-6-13(11)10-19-12(2)15-8-7-14(17)9-16(15)18/h3-9,12,19H,10H2,1-2H3. The summed E-state index contributed by atoms with van der Waals surface area (Å²) in [4.78, 5) is 0. The molecule has 0 spiro atoms. The first kappa shape index (κ1) is 14.6. The maximum absolute atomic E-state index is 6.27. The molecule has 0 saturated heterocycles. The number of benzene rings is 2. The zero-order valence-electron chi connectivity index (χ0n) is 11.1. The van der Waals surface area contributed by atoms with Crippen LogP contribution in [-0.2, 0) is 6.54 Å². The minimum Gasteiger partial charge on any atom is -0.306 e. The molecule has 2 aromatic rings. The second kappa shape index (κ2) is 6.56. The fourth-order valence-electron chi connectivity index (χ4n) is 2.03. The van der Waals surface area contributed by atoms with Crippen LogP contribution in [-0.4, -0.2) is 0 Å². The molecule has 0 bridgehead atoms. The zero-order chi connectivity index (χ0) is 13.8. The van der Waals surface area contributed by atoms with Crippen molar-refractivity contribution < 1.29 is 0 Å². The highest BCUT2D eigenvalue weighted by Gasteiger charge is 2.09. The molecule has 0 saturated carbocycles. The normalized spacial score (nSPS) is 12.4. The fraction of sp³-hybridized carbons (Fsp3) is 0.250. The lowest BCUT2D eigenvalue weighted by Gasteiger charge is -2.17. The van der Waals surface area contributed by atoms with Gasteiger partial charge in [0.1, 0.15) is 0 Å². The van der Waals surface area contributed by atoms with Crippen LogP contribution in [0.5, 0.6) is 0 Å². The van der Waals surface area contributed by atoms with E-state index in [9.17, 15) is 0 Å². The van der Waals surface area contributed by atoms with Gasteiger partial charge in [-0.15, -0.1) is 0 Å². The largest absolute Gasteiger partial charge is 0.306 e. The molecule has 0 heterocycles. The first-order valence-electron chi connectivity index (χ1n) is 6.31. The van der Waals surface area contributed by atoms with Crippen LogP contribution < -0.4 is 5.32 Å². The molecule has 1 N–H and O–H groups in total. The Kier molecular flexibility index (Phi) is 5.03. The van der Waals surface area contributed by atoms with Gasteiger partial charge in [-0.25, -0.2) is 0 Å². The van der Waals surface area contributed by atoms with Crippen LogP contribution in [0.2, 0.25) is 5.02 Å². The van der Waals surface area contributed by atoms with Crippen molar-refractivity contribution in [2.75, 3.05) is 0 Å². The Morgan fingerprint density at radius 3 is 2.63 bits per heavy atom. The number of nitrogens with one attached hydrogen (secondary N) is 1. The lowest BCUT2D eigenvalue weighted by atomic mass is 10.1. The smallest absolute Gasteiger partial charge is 0.0464 e. The van der Waals surface area contributed by atoms with Crippen LogP contribution in [0.1, 0.15) is 29.7 Å². The minimum atomic E-state index is 0.222. The van der Waals surface area contributed by atoms with Gasteiger partial charge in [-0.05, 0) is 42.7 Å².